The van der Waals surface area contributed by atoms with Crippen molar-refractivity contribution in [3.8, 4) is 0 Å². The molecule has 1 rings (SSSR count). The molecule has 0 amide bonds. The summed E-state index contributed by atoms with van der Waals surface area (Å²) in [5, 5.41) is 3.98. The Bertz CT molecular complexity index is 344. The van der Waals surface area contributed by atoms with Gasteiger partial charge in [-0.05, 0) is 12.5 Å². The summed E-state index contributed by atoms with van der Waals surface area (Å²) in [6.45, 7) is 2.23. The van der Waals surface area contributed by atoms with Crippen LogP contribution in [0.15, 0.2) is 6.20 Å². The average molecular weight is 196 g/mol. The number of esters is 1. The van der Waals surface area contributed by atoms with Gasteiger partial charge in [-0.3, -0.25) is 14.3 Å². The second kappa shape index (κ2) is 4.55. The van der Waals surface area contributed by atoms with Gasteiger partial charge >= 0.3 is 5.97 Å². The highest BCUT2D eigenvalue weighted by atomic mass is 16.5. The Morgan fingerprint density at radius 2 is 2.43 bits per heavy atom. The topological polar surface area (TPSA) is 61.2 Å². The predicted octanol–water partition coefficient (Wildman–Crippen LogP) is 0.567. The summed E-state index contributed by atoms with van der Waals surface area (Å²) in [6, 6.07) is 0. The number of hydrogen-bond acceptors (Lipinski definition) is 4. The van der Waals surface area contributed by atoms with Crippen molar-refractivity contribution < 1.29 is 14.3 Å². The van der Waals surface area contributed by atoms with Gasteiger partial charge in [0.1, 0.15) is 5.69 Å². The molecule has 5 heteroatoms. The van der Waals surface area contributed by atoms with E-state index >= 15 is 0 Å². The number of carbonyl (C=O) groups excluding carboxylic acids is 2. The van der Waals surface area contributed by atoms with Crippen LogP contribution >= 0.6 is 0 Å². The van der Waals surface area contributed by atoms with Crippen LogP contribution < -0.4 is 0 Å². The molecule has 0 N–H and O–H groups in total. The van der Waals surface area contributed by atoms with E-state index in [9.17, 15) is 9.59 Å². The van der Waals surface area contributed by atoms with E-state index in [2.05, 4.69) is 9.84 Å². The highest BCUT2D eigenvalue weighted by Gasteiger charge is 2.05. The van der Waals surface area contributed by atoms with Gasteiger partial charge in [-0.25, -0.2) is 0 Å². The summed E-state index contributed by atoms with van der Waals surface area (Å²) in [4.78, 5) is 21.3. The lowest BCUT2D eigenvalue weighted by atomic mass is 10.3. The number of ether oxygens (including phenoxy) is 1. The van der Waals surface area contributed by atoms with Crippen molar-refractivity contribution in [2.75, 3.05) is 7.11 Å². The molecule has 0 spiro atoms. The molecule has 0 aliphatic rings. The van der Waals surface area contributed by atoms with E-state index in [1.54, 1.807) is 17.8 Å². The second-order valence-corrected chi connectivity index (χ2v) is 2.90. The number of rotatable bonds is 4. The third kappa shape index (κ3) is 2.42. The van der Waals surface area contributed by atoms with Gasteiger partial charge in [0.05, 0.1) is 20.1 Å². The molecule has 5 nitrogen and oxygen atoms in total. The average Bonchev–Trinajstić information content (AvgIpc) is 2.55. The minimum absolute atomic E-state index is 0.260. The molecule has 1 heterocycles. The first-order valence-electron chi connectivity index (χ1n) is 4.23. The number of hydrogen-bond donors (Lipinski definition) is 0. The van der Waals surface area contributed by atoms with Gasteiger partial charge < -0.3 is 4.74 Å². The zero-order chi connectivity index (χ0) is 10.6. The molecular weight excluding hydrogens is 184 g/mol. The molecule has 1 aromatic heterocycles. The molecule has 0 atom stereocenters. The molecule has 76 valence electrons. The lowest BCUT2D eigenvalue weighted by Crippen LogP contribution is -2.07. The van der Waals surface area contributed by atoms with Crippen LogP contribution in [0.25, 0.3) is 0 Å². The van der Waals surface area contributed by atoms with Crippen LogP contribution in [0.1, 0.15) is 22.5 Å². The minimum Gasteiger partial charge on any atom is -0.469 e. The number of nitrogens with zero attached hydrogens (tertiary/aromatic N) is 2. The van der Waals surface area contributed by atoms with Crippen molar-refractivity contribution >= 4 is 12.3 Å². The maximum atomic E-state index is 10.8. The Morgan fingerprint density at radius 1 is 1.71 bits per heavy atom. The van der Waals surface area contributed by atoms with E-state index < -0.39 is 0 Å². The number of aromatic nitrogens is 2. The predicted molar refractivity (Wildman–Crippen MR) is 49.0 cm³/mol. The van der Waals surface area contributed by atoms with Gasteiger partial charge in [0.2, 0.25) is 0 Å². The van der Waals surface area contributed by atoms with E-state index in [0.717, 1.165) is 5.56 Å². The summed E-state index contributed by atoms with van der Waals surface area (Å²) in [7, 11) is 1.34. The van der Waals surface area contributed by atoms with Crippen LogP contribution in [0.5, 0.6) is 0 Å². The van der Waals surface area contributed by atoms with Crippen molar-refractivity contribution in [2.24, 2.45) is 0 Å². The van der Waals surface area contributed by atoms with Gasteiger partial charge in [0.15, 0.2) is 6.29 Å². The van der Waals surface area contributed by atoms with E-state index in [-0.39, 0.29) is 12.4 Å². The molecule has 0 bridgehead atoms. The quantitative estimate of drug-likeness (QED) is 0.521. The fraction of sp³-hybridized carbons (Fsp3) is 0.444. The fourth-order valence-electron chi connectivity index (χ4n) is 1.07. The summed E-state index contributed by atoms with van der Waals surface area (Å²) < 4.78 is 6.05. The molecule has 0 aliphatic carbocycles. The van der Waals surface area contributed by atoms with Gasteiger partial charge in [0.25, 0.3) is 0 Å². The molecule has 0 aromatic carbocycles. The SMILES string of the molecule is COC(=O)CCn1cc(C)c(C=O)n1. The highest BCUT2D eigenvalue weighted by Crippen LogP contribution is 2.02. The maximum Gasteiger partial charge on any atom is 0.307 e. The van der Waals surface area contributed by atoms with Crippen molar-refractivity contribution in [1.29, 1.82) is 0 Å². The standard InChI is InChI=1S/C9H12N2O3/c1-7-5-11(10-8(7)6-12)4-3-9(13)14-2/h5-6H,3-4H2,1-2H3. The van der Waals surface area contributed by atoms with Crippen LogP contribution in [0.4, 0.5) is 0 Å². The Hall–Kier alpha value is -1.65. The number of aldehydes is 1. The van der Waals surface area contributed by atoms with Crippen molar-refractivity contribution in [2.45, 2.75) is 19.9 Å². The Kier molecular flexibility index (Phi) is 3.39. The summed E-state index contributed by atoms with van der Waals surface area (Å²) >= 11 is 0. The van der Waals surface area contributed by atoms with Crippen LogP contribution in [0, 0.1) is 6.92 Å². The first-order chi connectivity index (χ1) is 6.67. The Morgan fingerprint density at radius 3 is 2.93 bits per heavy atom. The normalized spacial score (nSPS) is 9.86. The molecule has 0 saturated heterocycles. The van der Waals surface area contributed by atoms with E-state index in [4.69, 9.17) is 0 Å². The first kappa shape index (κ1) is 10.4. The zero-order valence-electron chi connectivity index (χ0n) is 8.19. The highest BCUT2D eigenvalue weighted by molar-refractivity contribution is 5.73. The van der Waals surface area contributed by atoms with Crippen LogP contribution in [-0.2, 0) is 16.1 Å². The molecule has 0 unspecified atom stereocenters. The summed E-state index contributed by atoms with van der Waals surface area (Å²) in [5.41, 5.74) is 1.22. The van der Waals surface area contributed by atoms with Gasteiger partial charge in [-0.1, -0.05) is 0 Å². The number of aryl methyl sites for hydroxylation is 2. The van der Waals surface area contributed by atoms with Crippen molar-refractivity contribution in [1.82, 2.24) is 9.78 Å². The van der Waals surface area contributed by atoms with Crippen LogP contribution in [-0.4, -0.2) is 29.1 Å². The monoisotopic (exact) mass is 196 g/mol. The molecule has 1 aromatic rings. The molecule has 0 saturated carbocycles. The lowest BCUT2D eigenvalue weighted by molar-refractivity contribution is -0.140. The Balaban J connectivity index is 2.59. The molecule has 0 aliphatic heterocycles. The van der Waals surface area contributed by atoms with E-state index in [1.807, 2.05) is 0 Å². The van der Waals surface area contributed by atoms with E-state index in [0.29, 0.717) is 18.5 Å². The van der Waals surface area contributed by atoms with Crippen molar-refractivity contribution in [3.63, 3.8) is 0 Å². The van der Waals surface area contributed by atoms with Gasteiger partial charge in [0, 0.05) is 6.20 Å². The minimum atomic E-state index is -0.286. The van der Waals surface area contributed by atoms with Crippen LogP contribution in [0.3, 0.4) is 0 Å². The van der Waals surface area contributed by atoms with Crippen LogP contribution in [0.2, 0.25) is 0 Å². The molecular formula is C9H12N2O3. The van der Waals surface area contributed by atoms with Gasteiger partial charge in [-0.2, -0.15) is 5.10 Å². The van der Waals surface area contributed by atoms with Gasteiger partial charge in [-0.15, -0.1) is 0 Å². The summed E-state index contributed by atoms with van der Waals surface area (Å²) in [5.74, 6) is -0.286. The summed E-state index contributed by atoms with van der Waals surface area (Å²) in [6.07, 6.45) is 2.69. The zero-order valence-corrected chi connectivity index (χ0v) is 8.19. The van der Waals surface area contributed by atoms with E-state index in [1.165, 1.54) is 7.11 Å². The number of carbonyl (C=O) groups is 2. The lowest BCUT2D eigenvalue weighted by Gasteiger charge is -1.99. The smallest absolute Gasteiger partial charge is 0.307 e. The first-order valence-corrected chi connectivity index (χ1v) is 4.23. The Labute approximate surface area is 81.7 Å². The maximum absolute atomic E-state index is 10.8. The van der Waals surface area contributed by atoms with Crippen molar-refractivity contribution in [3.05, 3.63) is 17.5 Å². The largest absolute Gasteiger partial charge is 0.469 e. The third-order valence-electron chi connectivity index (χ3n) is 1.87. The fourth-order valence-corrected chi connectivity index (χ4v) is 1.07. The molecule has 0 fully saturated rings. The second-order valence-electron chi connectivity index (χ2n) is 2.90. The number of methoxy groups -OCH3 is 1. The third-order valence-corrected chi connectivity index (χ3v) is 1.87. The molecule has 0 radical (unpaired) electrons. The molecule has 14 heavy (non-hydrogen) atoms.